The van der Waals surface area contributed by atoms with E-state index in [9.17, 15) is 0 Å². The lowest BCUT2D eigenvalue weighted by Gasteiger charge is -2.22. The highest BCUT2D eigenvalue weighted by molar-refractivity contribution is 5.21. The lowest BCUT2D eigenvalue weighted by Crippen LogP contribution is -2.28. The molecule has 0 heterocycles. The summed E-state index contributed by atoms with van der Waals surface area (Å²) in [6.07, 6.45) is 9.20. The first-order valence-electron chi connectivity index (χ1n) is 6.03. The van der Waals surface area contributed by atoms with Gasteiger partial charge in [0, 0.05) is 12.5 Å². The Morgan fingerprint density at radius 3 is 2.56 bits per heavy atom. The molecule has 16 heavy (non-hydrogen) atoms. The molecule has 0 saturated heterocycles. The summed E-state index contributed by atoms with van der Waals surface area (Å²) in [7, 11) is 0. The lowest BCUT2D eigenvalue weighted by atomic mass is 9.87. The van der Waals surface area contributed by atoms with Crippen LogP contribution in [0.3, 0.4) is 0 Å². The van der Waals surface area contributed by atoms with Crippen LogP contribution in [-0.2, 0) is 0 Å². The molecule has 2 atom stereocenters. The molecule has 1 aromatic rings. The Kier molecular flexibility index (Phi) is 5.67. The fourth-order valence-electron chi connectivity index (χ4n) is 2.13. The van der Waals surface area contributed by atoms with E-state index in [1.807, 2.05) is 6.07 Å². The maximum absolute atomic E-state index is 6.23. The van der Waals surface area contributed by atoms with Gasteiger partial charge < -0.3 is 5.73 Å². The fraction of sp³-hybridized carbons (Fsp3) is 0.467. The highest BCUT2D eigenvalue weighted by atomic mass is 14.6. The van der Waals surface area contributed by atoms with Gasteiger partial charge in [-0.1, -0.05) is 37.3 Å². The molecule has 0 aliphatic carbocycles. The van der Waals surface area contributed by atoms with Crippen LogP contribution in [0.5, 0.6) is 0 Å². The Labute approximate surface area is 99.1 Å². The second kappa shape index (κ2) is 7.09. The highest BCUT2D eigenvalue weighted by Gasteiger charge is 2.16. The summed E-state index contributed by atoms with van der Waals surface area (Å²) in [6.45, 7) is 2.19. The maximum Gasteiger partial charge on any atom is 0.0108 e. The van der Waals surface area contributed by atoms with Gasteiger partial charge in [0.25, 0.3) is 0 Å². The second-order valence-corrected chi connectivity index (χ2v) is 4.19. The number of unbranched alkanes of at least 4 members (excludes halogenated alkanes) is 1. The van der Waals surface area contributed by atoms with Gasteiger partial charge in [0.05, 0.1) is 0 Å². The van der Waals surface area contributed by atoms with Gasteiger partial charge in [-0.05, 0) is 30.7 Å². The van der Waals surface area contributed by atoms with Gasteiger partial charge in [-0.25, -0.2) is 0 Å². The molecule has 86 valence electrons. The van der Waals surface area contributed by atoms with E-state index in [0.717, 1.165) is 25.7 Å². The molecule has 2 unspecified atom stereocenters. The summed E-state index contributed by atoms with van der Waals surface area (Å²) in [5.41, 5.74) is 7.58. The largest absolute Gasteiger partial charge is 0.327 e. The standard InChI is InChI=1S/C15H21N/c1-3-5-7-12-15(16)14(4-2)13-10-8-6-9-11-13/h1,6,8-11,14-15H,4-5,7,12,16H2,2H3. The molecular weight excluding hydrogens is 194 g/mol. The van der Waals surface area contributed by atoms with Crippen LogP contribution in [0.25, 0.3) is 0 Å². The smallest absolute Gasteiger partial charge is 0.0108 e. The van der Waals surface area contributed by atoms with E-state index in [4.69, 9.17) is 12.2 Å². The van der Waals surface area contributed by atoms with Gasteiger partial charge in [0.2, 0.25) is 0 Å². The van der Waals surface area contributed by atoms with E-state index < -0.39 is 0 Å². The van der Waals surface area contributed by atoms with Crippen LogP contribution in [0, 0.1) is 12.3 Å². The first-order chi connectivity index (χ1) is 7.79. The van der Waals surface area contributed by atoms with Gasteiger partial charge in [0.15, 0.2) is 0 Å². The SMILES string of the molecule is C#CCCCC(N)C(CC)c1ccccc1. The van der Waals surface area contributed by atoms with E-state index in [0.29, 0.717) is 5.92 Å². The molecule has 1 heteroatoms. The third-order valence-electron chi connectivity index (χ3n) is 3.04. The van der Waals surface area contributed by atoms with Crippen molar-refractivity contribution in [3.05, 3.63) is 35.9 Å². The van der Waals surface area contributed by atoms with Crippen LogP contribution in [0.4, 0.5) is 0 Å². The molecule has 0 saturated carbocycles. The minimum absolute atomic E-state index is 0.223. The average molecular weight is 215 g/mol. The molecule has 0 spiro atoms. The first kappa shape index (κ1) is 12.8. The van der Waals surface area contributed by atoms with E-state index in [1.165, 1.54) is 5.56 Å². The van der Waals surface area contributed by atoms with Crippen molar-refractivity contribution in [2.24, 2.45) is 5.73 Å². The van der Waals surface area contributed by atoms with Crippen molar-refractivity contribution in [1.29, 1.82) is 0 Å². The van der Waals surface area contributed by atoms with Gasteiger partial charge in [-0.2, -0.15) is 0 Å². The quantitative estimate of drug-likeness (QED) is 0.572. The summed E-state index contributed by atoms with van der Waals surface area (Å²) in [5, 5.41) is 0. The van der Waals surface area contributed by atoms with Crippen molar-refractivity contribution in [2.45, 2.75) is 44.6 Å². The molecule has 0 fully saturated rings. The molecule has 1 aromatic carbocycles. The highest BCUT2D eigenvalue weighted by Crippen LogP contribution is 2.24. The van der Waals surface area contributed by atoms with Crippen molar-refractivity contribution in [2.75, 3.05) is 0 Å². The summed E-state index contributed by atoms with van der Waals surface area (Å²) >= 11 is 0. The van der Waals surface area contributed by atoms with Crippen molar-refractivity contribution in [3.63, 3.8) is 0 Å². The van der Waals surface area contributed by atoms with E-state index in [-0.39, 0.29) is 6.04 Å². The minimum atomic E-state index is 0.223. The van der Waals surface area contributed by atoms with Crippen LogP contribution in [-0.4, -0.2) is 6.04 Å². The third-order valence-corrected chi connectivity index (χ3v) is 3.04. The van der Waals surface area contributed by atoms with Crippen molar-refractivity contribution in [1.82, 2.24) is 0 Å². The maximum atomic E-state index is 6.23. The number of terminal acetylenes is 1. The van der Waals surface area contributed by atoms with Crippen molar-refractivity contribution in [3.8, 4) is 12.3 Å². The monoisotopic (exact) mass is 215 g/mol. The number of hydrogen-bond acceptors (Lipinski definition) is 1. The van der Waals surface area contributed by atoms with Crippen LogP contribution in [0.2, 0.25) is 0 Å². The second-order valence-electron chi connectivity index (χ2n) is 4.19. The topological polar surface area (TPSA) is 26.0 Å². The molecule has 0 aliphatic heterocycles. The molecule has 0 radical (unpaired) electrons. The van der Waals surface area contributed by atoms with E-state index in [1.54, 1.807) is 0 Å². The predicted molar refractivity (Wildman–Crippen MR) is 70.1 cm³/mol. The molecular formula is C15H21N. The number of hydrogen-bond donors (Lipinski definition) is 1. The predicted octanol–water partition coefficient (Wildman–Crippen LogP) is 3.31. The van der Waals surface area contributed by atoms with Crippen LogP contribution >= 0.6 is 0 Å². The van der Waals surface area contributed by atoms with Gasteiger partial charge in [-0.3, -0.25) is 0 Å². The summed E-state index contributed by atoms with van der Waals surface area (Å²) in [4.78, 5) is 0. The van der Waals surface area contributed by atoms with Crippen molar-refractivity contribution >= 4 is 0 Å². The molecule has 1 nitrogen and oxygen atoms in total. The van der Waals surface area contributed by atoms with Crippen LogP contribution < -0.4 is 5.73 Å². The average Bonchev–Trinajstić information content (AvgIpc) is 2.32. The van der Waals surface area contributed by atoms with Crippen molar-refractivity contribution < 1.29 is 0 Å². The fourth-order valence-corrected chi connectivity index (χ4v) is 2.13. The Morgan fingerprint density at radius 1 is 1.31 bits per heavy atom. The number of rotatable bonds is 6. The van der Waals surface area contributed by atoms with Gasteiger partial charge >= 0.3 is 0 Å². The Morgan fingerprint density at radius 2 is 2.00 bits per heavy atom. The summed E-state index contributed by atoms with van der Waals surface area (Å²) in [6, 6.07) is 10.7. The zero-order valence-corrected chi connectivity index (χ0v) is 10.0. The lowest BCUT2D eigenvalue weighted by molar-refractivity contribution is 0.477. The normalized spacial score (nSPS) is 14.1. The van der Waals surface area contributed by atoms with E-state index in [2.05, 4.69) is 37.1 Å². The Hall–Kier alpha value is -1.26. The van der Waals surface area contributed by atoms with Crippen LogP contribution in [0.15, 0.2) is 30.3 Å². The van der Waals surface area contributed by atoms with E-state index >= 15 is 0 Å². The van der Waals surface area contributed by atoms with Gasteiger partial charge in [0.1, 0.15) is 0 Å². The molecule has 2 N–H and O–H groups in total. The van der Waals surface area contributed by atoms with Crippen LogP contribution in [0.1, 0.15) is 44.1 Å². The summed E-state index contributed by atoms with van der Waals surface area (Å²) in [5.74, 6) is 3.12. The Bertz CT molecular complexity index is 323. The third kappa shape index (κ3) is 3.72. The minimum Gasteiger partial charge on any atom is -0.327 e. The first-order valence-corrected chi connectivity index (χ1v) is 6.03. The molecule has 0 bridgehead atoms. The molecule has 0 aromatic heterocycles. The number of benzene rings is 1. The molecule has 0 aliphatic rings. The Balaban J connectivity index is 2.57. The molecule has 1 rings (SSSR count). The van der Waals surface area contributed by atoms with Gasteiger partial charge in [-0.15, -0.1) is 12.3 Å². The zero-order chi connectivity index (χ0) is 11.8. The molecule has 0 amide bonds. The summed E-state index contributed by atoms with van der Waals surface area (Å²) < 4.78 is 0. The zero-order valence-electron chi connectivity index (χ0n) is 10.0. The number of nitrogens with two attached hydrogens (primary N) is 1.